The molecule has 0 saturated heterocycles. The number of carbonyl (C=O) groups excluding carboxylic acids is 1. The number of aliphatic imine (C=N–C) groups is 1. The van der Waals surface area contributed by atoms with E-state index >= 15 is 0 Å². The average molecular weight is 424 g/mol. The Morgan fingerprint density at radius 3 is 2.73 bits per heavy atom. The van der Waals surface area contributed by atoms with Crippen LogP contribution in [0.4, 0.5) is 0 Å². The molecule has 6 nitrogen and oxygen atoms in total. The Hall–Kier alpha value is -3.38. The van der Waals surface area contributed by atoms with Crippen LogP contribution >= 0.6 is 11.6 Å². The number of carboxylic acid groups (broad SMARTS) is 1. The van der Waals surface area contributed by atoms with E-state index in [1.165, 1.54) is 0 Å². The molecule has 3 N–H and O–H groups in total. The normalized spacial score (nSPS) is 12.5. The smallest absolute Gasteiger partial charge is 0.326 e. The Balaban J connectivity index is 1.64. The molecule has 0 unspecified atom stereocenters. The van der Waals surface area contributed by atoms with Crippen LogP contribution in [-0.4, -0.2) is 33.7 Å². The molecule has 0 bridgehead atoms. The highest BCUT2D eigenvalue weighted by molar-refractivity contribution is 6.31. The molecule has 1 amide bonds. The third-order valence-electron chi connectivity index (χ3n) is 4.67. The van der Waals surface area contributed by atoms with Crippen LogP contribution in [0.15, 0.2) is 72.0 Å². The van der Waals surface area contributed by atoms with Gasteiger partial charge in [-0.3, -0.25) is 9.79 Å². The molecule has 1 atom stereocenters. The zero-order chi connectivity index (χ0) is 21.7. The number of amides is 1. The van der Waals surface area contributed by atoms with Crippen LogP contribution in [-0.2, 0) is 16.0 Å². The van der Waals surface area contributed by atoms with E-state index in [0.29, 0.717) is 16.4 Å². The Bertz CT molecular complexity index is 1130. The van der Waals surface area contributed by atoms with Crippen molar-refractivity contribution in [2.75, 3.05) is 0 Å². The predicted molar refractivity (Wildman–Crippen MR) is 119 cm³/mol. The number of H-pyrrole nitrogens is 1. The number of hydrogen-bond donors (Lipinski definition) is 3. The number of carboxylic acids is 1. The van der Waals surface area contributed by atoms with Gasteiger partial charge in [0.1, 0.15) is 6.04 Å². The highest BCUT2D eigenvalue weighted by atomic mass is 35.5. The van der Waals surface area contributed by atoms with Crippen molar-refractivity contribution >= 4 is 40.1 Å². The minimum Gasteiger partial charge on any atom is -0.480 e. The van der Waals surface area contributed by atoms with Crippen molar-refractivity contribution in [3.05, 3.63) is 83.2 Å². The maximum absolute atomic E-state index is 12.4. The molecule has 0 spiro atoms. The summed E-state index contributed by atoms with van der Waals surface area (Å²) in [6.45, 7) is 5.62. The quantitative estimate of drug-likeness (QED) is 0.470. The van der Waals surface area contributed by atoms with Crippen molar-refractivity contribution in [1.29, 1.82) is 0 Å². The molecule has 7 heteroatoms. The zero-order valence-electron chi connectivity index (χ0n) is 16.5. The fraction of sp³-hybridized carbons (Fsp3) is 0.174. The van der Waals surface area contributed by atoms with Gasteiger partial charge >= 0.3 is 5.97 Å². The lowest BCUT2D eigenvalue weighted by Crippen LogP contribution is -2.42. The second-order valence-electron chi connectivity index (χ2n) is 6.97. The Kier molecular flexibility index (Phi) is 6.69. The average Bonchev–Trinajstić information content (AvgIpc) is 3.10. The molecule has 1 heterocycles. The van der Waals surface area contributed by atoms with Gasteiger partial charge in [0.25, 0.3) is 0 Å². The minimum absolute atomic E-state index is 0.102. The van der Waals surface area contributed by atoms with Crippen molar-refractivity contribution in [3.63, 3.8) is 0 Å². The SMILES string of the molecule is C=C(CC(=O)N[C@@H](Cc1c[nH]c2ccccc12)C(=O)O)N=C(C)c1cccc(Cl)c1. The zero-order valence-corrected chi connectivity index (χ0v) is 17.2. The number of nitrogens with one attached hydrogen (secondary N) is 2. The number of aromatic amines is 1. The van der Waals surface area contributed by atoms with Gasteiger partial charge in [-0.15, -0.1) is 0 Å². The van der Waals surface area contributed by atoms with Crippen LogP contribution in [0.2, 0.25) is 5.02 Å². The lowest BCUT2D eigenvalue weighted by atomic mass is 10.0. The van der Waals surface area contributed by atoms with Crippen LogP contribution in [0.3, 0.4) is 0 Å². The highest BCUT2D eigenvalue weighted by Crippen LogP contribution is 2.19. The minimum atomic E-state index is -1.10. The molecule has 2 aromatic carbocycles. The van der Waals surface area contributed by atoms with Gasteiger partial charge in [-0.1, -0.05) is 48.5 Å². The number of halogens is 1. The molecule has 30 heavy (non-hydrogen) atoms. The Morgan fingerprint density at radius 1 is 1.23 bits per heavy atom. The summed E-state index contributed by atoms with van der Waals surface area (Å²) in [5.41, 5.74) is 3.58. The van der Waals surface area contributed by atoms with E-state index in [1.54, 1.807) is 25.3 Å². The summed E-state index contributed by atoms with van der Waals surface area (Å²) in [4.78, 5) is 31.5. The van der Waals surface area contributed by atoms with Gasteiger partial charge in [0.15, 0.2) is 0 Å². The topological polar surface area (TPSA) is 94.5 Å². The molecule has 0 aliphatic heterocycles. The number of para-hydroxylation sites is 1. The second kappa shape index (κ2) is 9.41. The molecule has 1 aromatic heterocycles. The first-order chi connectivity index (χ1) is 14.3. The van der Waals surface area contributed by atoms with Gasteiger partial charge in [-0.25, -0.2) is 4.79 Å². The Labute approximate surface area is 179 Å². The lowest BCUT2D eigenvalue weighted by molar-refractivity contribution is -0.141. The molecule has 0 fully saturated rings. The molecule has 0 aliphatic rings. The third-order valence-corrected chi connectivity index (χ3v) is 4.90. The van der Waals surface area contributed by atoms with Gasteiger partial charge < -0.3 is 15.4 Å². The van der Waals surface area contributed by atoms with Gasteiger partial charge in [0, 0.05) is 40.0 Å². The van der Waals surface area contributed by atoms with Gasteiger partial charge in [0.05, 0.1) is 6.42 Å². The first kappa shape index (κ1) is 21.3. The van der Waals surface area contributed by atoms with E-state index in [4.69, 9.17) is 11.6 Å². The fourth-order valence-electron chi connectivity index (χ4n) is 3.21. The van der Waals surface area contributed by atoms with Crippen LogP contribution in [0.5, 0.6) is 0 Å². The summed E-state index contributed by atoms with van der Waals surface area (Å²) < 4.78 is 0. The van der Waals surface area contributed by atoms with Gasteiger partial charge in [-0.2, -0.15) is 0 Å². The van der Waals surface area contributed by atoms with Crippen LogP contribution in [0.25, 0.3) is 10.9 Å². The fourth-order valence-corrected chi connectivity index (χ4v) is 3.40. The number of aromatic nitrogens is 1. The largest absolute Gasteiger partial charge is 0.480 e. The summed E-state index contributed by atoms with van der Waals surface area (Å²) in [6, 6.07) is 13.8. The van der Waals surface area contributed by atoms with E-state index in [0.717, 1.165) is 22.0 Å². The number of rotatable bonds is 8. The maximum Gasteiger partial charge on any atom is 0.326 e. The number of carbonyl (C=O) groups is 2. The van der Waals surface area contributed by atoms with Crippen LogP contribution in [0, 0.1) is 0 Å². The molecule has 0 aliphatic carbocycles. The first-order valence-corrected chi connectivity index (χ1v) is 9.77. The van der Waals surface area contributed by atoms with E-state index in [9.17, 15) is 14.7 Å². The molecular formula is C23H22ClN3O3. The highest BCUT2D eigenvalue weighted by Gasteiger charge is 2.22. The first-order valence-electron chi connectivity index (χ1n) is 9.39. The van der Waals surface area contributed by atoms with Crippen molar-refractivity contribution in [3.8, 4) is 0 Å². The number of fused-ring (bicyclic) bond motifs is 1. The molecule has 0 radical (unpaired) electrons. The van der Waals surface area contributed by atoms with Crippen molar-refractivity contribution in [2.45, 2.75) is 25.8 Å². The predicted octanol–water partition coefficient (Wildman–Crippen LogP) is 4.35. The molecule has 154 valence electrons. The van der Waals surface area contributed by atoms with E-state index in [2.05, 4.69) is 21.9 Å². The Morgan fingerprint density at radius 2 is 2.00 bits per heavy atom. The van der Waals surface area contributed by atoms with Gasteiger partial charge in [0.2, 0.25) is 5.91 Å². The summed E-state index contributed by atoms with van der Waals surface area (Å²) in [7, 11) is 0. The van der Waals surface area contributed by atoms with Crippen molar-refractivity contribution in [1.82, 2.24) is 10.3 Å². The van der Waals surface area contributed by atoms with E-state index < -0.39 is 17.9 Å². The monoisotopic (exact) mass is 423 g/mol. The maximum atomic E-state index is 12.4. The summed E-state index contributed by atoms with van der Waals surface area (Å²) in [5, 5.41) is 13.7. The summed E-state index contributed by atoms with van der Waals surface area (Å²) >= 11 is 5.99. The van der Waals surface area contributed by atoms with Gasteiger partial charge in [-0.05, 0) is 36.2 Å². The van der Waals surface area contributed by atoms with E-state index in [1.807, 2.05) is 36.4 Å². The number of benzene rings is 2. The molecule has 3 rings (SSSR count). The standard InChI is InChI=1S/C23H22ClN3O3/c1-14(26-15(2)16-6-5-7-18(24)11-16)10-22(28)27-21(23(29)30)12-17-13-25-20-9-4-3-8-19(17)20/h3-9,11,13,21,25H,1,10,12H2,2H3,(H,27,28)(H,29,30)/t21-/m0/s1. The third kappa shape index (κ3) is 5.36. The number of nitrogens with zero attached hydrogens (tertiary/aromatic N) is 1. The molecule has 3 aromatic rings. The summed E-state index contributed by atoms with van der Waals surface area (Å²) in [5.74, 6) is -1.55. The molecule has 0 saturated carbocycles. The van der Waals surface area contributed by atoms with Crippen molar-refractivity contribution < 1.29 is 14.7 Å². The summed E-state index contributed by atoms with van der Waals surface area (Å²) in [6.07, 6.45) is 1.84. The number of aliphatic carboxylic acids is 1. The van der Waals surface area contributed by atoms with Crippen LogP contribution < -0.4 is 5.32 Å². The van der Waals surface area contributed by atoms with E-state index in [-0.39, 0.29) is 12.8 Å². The van der Waals surface area contributed by atoms with Crippen molar-refractivity contribution in [2.24, 2.45) is 4.99 Å². The molecular weight excluding hydrogens is 402 g/mol. The number of hydrogen-bond acceptors (Lipinski definition) is 3. The lowest BCUT2D eigenvalue weighted by Gasteiger charge is -2.14. The second-order valence-corrected chi connectivity index (χ2v) is 7.41. The van der Waals surface area contributed by atoms with Crippen LogP contribution in [0.1, 0.15) is 24.5 Å².